The number of hydrogen-bond acceptors (Lipinski definition) is 1. The molecule has 1 aromatic carbocycles. The average Bonchev–Trinajstić information content (AvgIpc) is 2.33. The van der Waals surface area contributed by atoms with Crippen molar-refractivity contribution in [3.8, 4) is 0 Å². The van der Waals surface area contributed by atoms with E-state index in [2.05, 4.69) is 11.4 Å². The third-order valence-electron chi connectivity index (χ3n) is 2.83. The first-order chi connectivity index (χ1) is 8.72. The van der Waals surface area contributed by atoms with Gasteiger partial charge in [-0.2, -0.15) is 0 Å². The number of amides is 1. The van der Waals surface area contributed by atoms with Gasteiger partial charge in [-0.05, 0) is 25.3 Å². The summed E-state index contributed by atoms with van der Waals surface area (Å²) in [7, 11) is 0. The zero-order chi connectivity index (χ0) is 13.2. The van der Waals surface area contributed by atoms with Gasteiger partial charge in [0.25, 0.3) is 0 Å². The molecule has 1 N–H and O–H groups in total. The van der Waals surface area contributed by atoms with Crippen LogP contribution in [0.1, 0.15) is 36.8 Å². The molecule has 0 saturated carbocycles. The van der Waals surface area contributed by atoms with Gasteiger partial charge in [0.1, 0.15) is 0 Å². The highest BCUT2D eigenvalue weighted by atomic mass is 35.5. The van der Waals surface area contributed by atoms with Gasteiger partial charge in [-0.25, -0.2) is 0 Å². The molecular formula is C15H22ClNO. The molecule has 0 radical (unpaired) electrons. The van der Waals surface area contributed by atoms with E-state index in [0.717, 1.165) is 43.7 Å². The number of nitrogens with one attached hydrogen (secondary N) is 1. The molecule has 0 bridgehead atoms. The molecule has 0 fully saturated rings. The highest BCUT2D eigenvalue weighted by Gasteiger charge is 2.02. The first-order valence-electron chi connectivity index (χ1n) is 6.60. The smallest absolute Gasteiger partial charge is 0.224 e. The summed E-state index contributed by atoms with van der Waals surface area (Å²) < 4.78 is 0. The van der Waals surface area contributed by atoms with Crippen LogP contribution in [0, 0.1) is 6.92 Å². The molecule has 3 heteroatoms. The standard InChI is InChI=1S/C15H22ClNO/c1-13-7-6-8-14(11-13)12-15(18)17-10-5-3-2-4-9-16/h6-8,11H,2-5,9-10,12H2,1H3,(H,17,18). The highest BCUT2D eigenvalue weighted by molar-refractivity contribution is 6.17. The fourth-order valence-electron chi connectivity index (χ4n) is 1.87. The number of rotatable bonds is 8. The fraction of sp³-hybridized carbons (Fsp3) is 0.533. The van der Waals surface area contributed by atoms with Crippen molar-refractivity contribution < 1.29 is 4.79 Å². The Labute approximate surface area is 115 Å². The Morgan fingerprint density at radius 3 is 2.72 bits per heavy atom. The first-order valence-corrected chi connectivity index (χ1v) is 7.14. The van der Waals surface area contributed by atoms with Gasteiger partial charge in [-0.1, -0.05) is 42.7 Å². The van der Waals surface area contributed by atoms with Gasteiger partial charge in [-0.15, -0.1) is 11.6 Å². The van der Waals surface area contributed by atoms with Crippen LogP contribution in [0.5, 0.6) is 0 Å². The zero-order valence-electron chi connectivity index (χ0n) is 11.0. The molecule has 0 aromatic heterocycles. The molecular weight excluding hydrogens is 246 g/mol. The Hall–Kier alpha value is -1.02. The molecule has 0 heterocycles. The molecule has 0 saturated heterocycles. The lowest BCUT2D eigenvalue weighted by Gasteiger charge is -2.05. The summed E-state index contributed by atoms with van der Waals surface area (Å²) in [6.45, 7) is 2.81. The van der Waals surface area contributed by atoms with Crippen molar-refractivity contribution in [1.29, 1.82) is 0 Å². The van der Waals surface area contributed by atoms with Crippen LogP contribution < -0.4 is 5.32 Å². The van der Waals surface area contributed by atoms with E-state index in [1.54, 1.807) is 0 Å². The SMILES string of the molecule is Cc1cccc(CC(=O)NCCCCCCCl)c1. The van der Waals surface area contributed by atoms with Crippen LogP contribution in [-0.2, 0) is 11.2 Å². The van der Waals surface area contributed by atoms with Crippen molar-refractivity contribution in [2.75, 3.05) is 12.4 Å². The molecule has 18 heavy (non-hydrogen) atoms. The third kappa shape index (κ3) is 6.65. The lowest BCUT2D eigenvalue weighted by molar-refractivity contribution is -0.120. The van der Waals surface area contributed by atoms with Gasteiger partial charge in [0.2, 0.25) is 5.91 Å². The molecule has 0 aliphatic rings. The van der Waals surface area contributed by atoms with Crippen molar-refractivity contribution in [2.24, 2.45) is 0 Å². The van der Waals surface area contributed by atoms with Crippen molar-refractivity contribution in [3.05, 3.63) is 35.4 Å². The normalized spacial score (nSPS) is 10.3. The topological polar surface area (TPSA) is 29.1 Å². The largest absolute Gasteiger partial charge is 0.356 e. The molecule has 1 aromatic rings. The minimum Gasteiger partial charge on any atom is -0.356 e. The molecule has 0 unspecified atom stereocenters. The van der Waals surface area contributed by atoms with Crippen LogP contribution in [0.3, 0.4) is 0 Å². The maximum atomic E-state index is 11.7. The predicted molar refractivity (Wildman–Crippen MR) is 77.1 cm³/mol. The van der Waals surface area contributed by atoms with E-state index in [9.17, 15) is 4.79 Å². The minimum atomic E-state index is 0.109. The van der Waals surface area contributed by atoms with E-state index in [1.165, 1.54) is 5.56 Å². The minimum absolute atomic E-state index is 0.109. The van der Waals surface area contributed by atoms with Crippen LogP contribution in [0.2, 0.25) is 0 Å². The number of carbonyl (C=O) groups is 1. The quantitative estimate of drug-likeness (QED) is 0.567. The second kappa shape index (κ2) is 8.98. The number of hydrogen-bond donors (Lipinski definition) is 1. The predicted octanol–water partition coefficient (Wildman–Crippen LogP) is 3.45. The number of benzene rings is 1. The van der Waals surface area contributed by atoms with Gasteiger partial charge in [0.15, 0.2) is 0 Å². The third-order valence-corrected chi connectivity index (χ3v) is 3.10. The number of halogens is 1. The Kier molecular flexibility index (Phi) is 7.51. The van der Waals surface area contributed by atoms with E-state index in [-0.39, 0.29) is 5.91 Å². The Morgan fingerprint density at radius 2 is 2.00 bits per heavy atom. The van der Waals surface area contributed by atoms with Crippen molar-refractivity contribution >= 4 is 17.5 Å². The second-order valence-electron chi connectivity index (χ2n) is 4.62. The summed E-state index contributed by atoms with van der Waals surface area (Å²) in [6.07, 6.45) is 4.87. The van der Waals surface area contributed by atoms with E-state index < -0.39 is 0 Å². The van der Waals surface area contributed by atoms with Gasteiger partial charge in [-0.3, -0.25) is 4.79 Å². The van der Waals surface area contributed by atoms with Crippen molar-refractivity contribution in [2.45, 2.75) is 39.0 Å². The molecule has 1 amide bonds. The first kappa shape index (κ1) is 15.0. The zero-order valence-corrected chi connectivity index (χ0v) is 11.8. The van der Waals surface area contributed by atoms with Gasteiger partial charge < -0.3 is 5.32 Å². The summed E-state index contributed by atoms with van der Waals surface area (Å²) >= 11 is 5.60. The van der Waals surface area contributed by atoms with Crippen molar-refractivity contribution in [1.82, 2.24) is 5.32 Å². The van der Waals surface area contributed by atoms with E-state index in [0.29, 0.717) is 6.42 Å². The monoisotopic (exact) mass is 267 g/mol. The lowest BCUT2D eigenvalue weighted by atomic mass is 10.1. The molecule has 0 aliphatic carbocycles. The van der Waals surface area contributed by atoms with E-state index >= 15 is 0 Å². The molecule has 0 aliphatic heterocycles. The van der Waals surface area contributed by atoms with Crippen LogP contribution in [0.25, 0.3) is 0 Å². The molecule has 1 rings (SSSR count). The molecule has 0 atom stereocenters. The molecule has 0 spiro atoms. The van der Waals surface area contributed by atoms with Gasteiger partial charge in [0, 0.05) is 12.4 Å². The Morgan fingerprint density at radius 1 is 1.22 bits per heavy atom. The summed E-state index contributed by atoms with van der Waals surface area (Å²) in [6, 6.07) is 8.08. The molecule has 100 valence electrons. The highest BCUT2D eigenvalue weighted by Crippen LogP contribution is 2.04. The average molecular weight is 268 g/mol. The van der Waals surface area contributed by atoms with E-state index in [4.69, 9.17) is 11.6 Å². The van der Waals surface area contributed by atoms with Crippen LogP contribution in [-0.4, -0.2) is 18.3 Å². The van der Waals surface area contributed by atoms with Crippen LogP contribution in [0.4, 0.5) is 0 Å². The lowest BCUT2D eigenvalue weighted by Crippen LogP contribution is -2.26. The number of aryl methyl sites for hydroxylation is 1. The second-order valence-corrected chi connectivity index (χ2v) is 5.00. The van der Waals surface area contributed by atoms with Gasteiger partial charge in [0.05, 0.1) is 6.42 Å². The summed E-state index contributed by atoms with van der Waals surface area (Å²) in [5.41, 5.74) is 2.27. The Balaban J connectivity index is 2.14. The number of alkyl halides is 1. The maximum Gasteiger partial charge on any atom is 0.224 e. The summed E-state index contributed by atoms with van der Waals surface area (Å²) in [5.74, 6) is 0.845. The fourth-order valence-corrected chi connectivity index (χ4v) is 2.06. The van der Waals surface area contributed by atoms with Crippen LogP contribution >= 0.6 is 11.6 Å². The number of carbonyl (C=O) groups excluding carboxylic acids is 1. The summed E-state index contributed by atoms with van der Waals surface area (Å²) in [4.78, 5) is 11.7. The molecule has 2 nitrogen and oxygen atoms in total. The maximum absolute atomic E-state index is 11.7. The van der Waals surface area contributed by atoms with Crippen LogP contribution in [0.15, 0.2) is 24.3 Å². The number of unbranched alkanes of at least 4 members (excludes halogenated alkanes) is 3. The van der Waals surface area contributed by atoms with E-state index in [1.807, 2.05) is 25.1 Å². The Bertz CT molecular complexity index is 365. The van der Waals surface area contributed by atoms with Gasteiger partial charge >= 0.3 is 0 Å². The summed E-state index contributed by atoms with van der Waals surface area (Å²) in [5, 5.41) is 2.96. The van der Waals surface area contributed by atoms with Crippen molar-refractivity contribution in [3.63, 3.8) is 0 Å².